The highest BCUT2D eigenvalue weighted by Crippen LogP contribution is 2.31. The van der Waals surface area contributed by atoms with Crippen molar-refractivity contribution in [1.82, 2.24) is 15.5 Å². The molecule has 1 atom stereocenters. The van der Waals surface area contributed by atoms with E-state index in [9.17, 15) is 19.2 Å². The second kappa shape index (κ2) is 7.19. The summed E-state index contributed by atoms with van der Waals surface area (Å²) in [5, 5.41) is 10.1. The molecule has 8 heteroatoms. The first-order valence-electron chi connectivity index (χ1n) is 10.2. The molecule has 0 bridgehead atoms. The van der Waals surface area contributed by atoms with Crippen LogP contribution in [0.4, 0.5) is 10.5 Å². The van der Waals surface area contributed by atoms with Crippen LogP contribution < -0.4 is 16.0 Å². The van der Waals surface area contributed by atoms with Crippen molar-refractivity contribution in [3.8, 4) is 0 Å². The fraction of sp³-hybridized carbons (Fsp3) is 0.167. The van der Waals surface area contributed by atoms with Crippen LogP contribution in [0.2, 0.25) is 0 Å². The van der Waals surface area contributed by atoms with E-state index in [1.54, 1.807) is 31.2 Å². The van der Waals surface area contributed by atoms with Gasteiger partial charge < -0.3 is 16.0 Å². The molecule has 1 unspecified atom stereocenters. The molecule has 1 fully saturated rings. The molecular weight excluding hydrogens is 408 g/mol. The van der Waals surface area contributed by atoms with Gasteiger partial charge >= 0.3 is 6.03 Å². The third-order valence-corrected chi connectivity index (χ3v) is 5.98. The van der Waals surface area contributed by atoms with E-state index < -0.39 is 29.9 Å². The maximum atomic E-state index is 13.2. The number of rotatable bonds is 4. The number of nitrogens with one attached hydrogen (secondary N) is 3. The van der Waals surface area contributed by atoms with Gasteiger partial charge in [-0.05, 0) is 47.0 Å². The number of carbonyl (C=O) groups excluding carboxylic acids is 4. The number of hydrogen-bond acceptors (Lipinski definition) is 4. The number of hydrogen-bond donors (Lipinski definition) is 3. The molecule has 3 N–H and O–H groups in total. The average molecular weight is 428 g/mol. The maximum Gasteiger partial charge on any atom is 0.325 e. The Morgan fingerprint density at radius 3 is 2.62 bits per heavy atom. The minimum absolute atomic E-state index is 0.198. The van der Waals surface area contributed by atoms with Crippen LogP contribution in [0.5, 0.6) is 0 Å². The molecular formula is C24H20N4O4. The fourth-order valence-electron chi connectivity index (χ4n) is 4.17. The van der Waals surface area contributed by atoms with E-state index in [2.05, 4.69) is 16.0 Å². The quantitative estimate of drug-likeness (QED) is 0.555. The van der Waals surface area contributed by atoms with Crippen molar-refractivity contribution < 1.29 is 19.2 Å². The largest absolute Gasteiger partial charge is 0.348 e. The first kappa shape index (κ1) is 19.7. The Hall–Kier alpha value is -4.20. The van der Waals surface area contributed by atoms with Crippen LogP contribution in [0.25, 0.3) is 10.8 Å². The summed E-state index contributed by atoms with van der Waals surface area (Å²) in [6.45, 7) is 1.66. The summed E-state index contributed by atoms with van der Waals surface area (Å²) in [6.07, 6.45) is 0. The average Bonchev–Trinajstić information content (AvgIpc) is 3.26. The first-order chi connectivity index (χ1) is 15.3. The molecule has 3 aromatic rings. The topological polar surface area (TPSA) is 108 Å². The Balaban J connectivity index is 1.34. The van der Waals surface area contributed by atoms with Crippen molar-refractivity contribution in [1.29, 1.82) is 0 Å². The summed E-state index contributed by atoms with van der Waals surface area (Å²) in [5.74, 6) is -1.23. The highest BCUT2D eigenvalue weighted by molar-refractivity contribution is 6.10. The van der Waals surface area contributed by atoms with Crippen LogP contribution in [-0.4, -0.2) is 35.2 Å². The summed E-state index contributed by atoms with van der Waals surface area (Å²) in [5.41, 5.74) is 1.15. The third-order valence-electron chi connectivity index (χ3n) is 5.98. The lowest BCUT2D eigenvalue weighted by molar-refractivity contribution is -0.133. The van der Waals surface area contributed by atoms with Crippen LogP contribution >= 0.6 is 0 Å². The molecule has 5 amide bonds. The van der Waals surface area contributed by atoms with Gasteiger partial charge in [0.15, 0.2) is 0 Å². The van der Waals surface area contributed by atoms with Crippen molar-refractivity contribution in [3.05, 3.63) is 77.4 Å². The summed E-state index contributed by atoms with van der Waals surface area (Å²) in [6, 6.07) is 17.7. The van der Waals surface area contributed by atoms with Gasteiger partial charge in [-0.25, -0.2) is 4.79 Å². The Morgan fingerprint density at radius 1 is 1.03 bits per heavy atom. The Morgan fingerprint density at radius 2 is 1.81 bits per heavy atom. The monoisotopic (exact) mass is 428 g/mol. The van der Waals surface area contributed by atoms with Gasteiger partial charge in [-0.15, -0.1) is 0 Å². The highest BCUT2D eigenvalue weighted by Gasteiger charge is 2.49. The second-order valence-corrected chi connectivity index (χ2v) is 8.11. The van der Waals surface area contributed by atoms with Crippen molar-refractivity contribution >= 4 is 40.2 Å². The molecule has 0 radical (unpaired) electrons. The summed E-state index contributed by atoms with van der Waals surface area (Å²) in [4.78, 5) is 51.1. The van der Waals surface area contributed by atoms with Crippen LogP contribution in [0.3, 0.4) is 0 Å². The molecule has 0 spiro atoms. The van der Waals surface area contributed by atoms with Gasteiger partial charge in [0.25, 0.3) is 11.8 Å². The summed E-state index contributed by atoms with van der Waals surface area (Å²) in [7, 11) is 0. The normalized spacial score (nSPS) is 19.7. The minimum atomic E-state index is -1.27. The van der Waals surface area contributed by atoms with E-state index in [1.807, 2.05) is 36.4 Å². The van der Waals surface area contributed by atoms with E-state index in [4.69, 9.17) is 0 Å². The number of amides is 5. The predicted molar refractivity (Wildman–Crippen MR) is 118 cm³/mol. The van der Waals surface area contributed by atoms with Crippen LogP contribution in [0.1, 0.15) is 28.4 Å². The molecule has 32 heavy (non-hydrogen) atoms. The first-order valence-corrected chi connectivity index (χ1v) is 10.2. The molecule has 5 rings (SSSR count). The molecule has 160 valence electrons. The Labute approximate surface area is 183 Å². The van der Waals surface area contributed by atoms with Crippen LogP contribution in [-0.2, 0) is 21.7 Å². The number of fused-ring (bicyclic) bond motifs is 2. The SMILES string of the molecule is CC1(c2ccc3ccccc3c2)NC(=O)N(CC(=O)Nc2ccc3c(c2)C(=O)NC3)C1=O. The van der Waals surface area contributed by atoms with Gasteiger partial charge in [0, 0.05) is 17.8 Å². The molecule has 1 saturated heterocycles. The lowest BCUT2D eigenvalue weighted by Gasteiger charge is -2.22. The number of imide groups is 1. The van der Waals surface area contributed by atoms with E-state index in [0.29, 0.717) is 23.4 Å². The molecule has 0 aromatic heterocycles. The Kier molecular flexibility index (Phi) is 4.44. The van der Waals surface area contributed by atoms with Crippen molar-refractivity contribution in [3.63, 3.8) is 0 Å². The second-order valence-electron chi connectivity index (χ2n) is 8.11. The molecule has 8 nitrogen and oxygen atoms in total. The number of benzene rings is 3. The smallest absolute Gasteiger partial charge is 0.325 e. The van der Waals surface area contributed by atoms with E-state index in [-0.39, 0.29) is 5.91 Å². The zero-order valence-electron chi connectivity index (χ0n) is 17.3. The fourth-order valence-corrected chi connectivity index (χ4v) is 4.17. The van der Waals surface area contributed by atoms with Crippen molar-refractivity contribution in [2.45, 2.75) is 19.0 Å². The number of carbonyl (C=O) groups is 4. The lowest BCUT2D eigenvalue weighted by atomic mass is 9.90. The predicted octanol–water partition coefficient (Wildman–Crippen LogP) is 2.49. The molecule has 2 aliphatic rings. The third kappa shape index (κ3) is 3.17. The van der Waals surface area contributed by atoms with Gasteiger partial charge in [-0.1, -0.05) is 42.5 Å². The highest BCUT2D eigenvalue weighted by atomic mass is 16.2. The zero-order valence-corrected chi connectivity index (χ0v) is 17.3. The molecule has 0 saturated carbocycles. The maximum absolute atomic E-state index is 13.2. The van der Waals surface area contributed by atoms with E-state index in [0.717, 1.165) is 21.2 Å². The van der Waals surface area contributed by atoms with Gasteiger partial charge in [0.05, 0.1) is 0 Å². The number of anilines is 1. The number of urea groups is 1. The Bertz CT molecular complexity index is 1320. The summed E-state index contributed by atoms with van der Waals surface area (Å²) >= 11 is 0. The molecule has 2 heterocycles. The van der Waals surface area contributed by atoms with Crippen molar-refractivity contribution in [2.24, 2.45) is 0 Å². The molecule has 3 aromatic carbocycles. The van der Waals surface area contributed by atoms with Crippen LogP contribution in [0, 0.1) is 0 Å². The standard InChI is InChI=1S/C24H20N4O4/c1-24(17-8-6-14-4-2-3-5-15(14)10-17)22(31)28(23(32)27-24)13-20(29)26-18-9-7-16-12-25-21(30)19(16)11-18/h2-11H,12-13H2,1H3,(H,25,30)(H,26,29)(H,27,32). The molecule has 2 aliphatic heterocycles. The number of nitrogens with zero attached hydrogens (tertiary/aromatic N) is 1. The van der Waals surface area contributed by atoms with E-state index in [1.165, 1.54) is 0 Å². The van der Waals surface area contributed by atoms with Gasteiger partial charge in [-0.3, -0.25) is 19.3 Å². The summed E-state index contributed by atoms with van der Waals surface area (Å²) < 4.78 is 0. The zero-order chi connectivity index (χ0) is 22.5. The van der Waals surface area contributed by atoms with Crippen LogP contribution in [0.15, 0.2) is 60.7 Å². The van der Waals surface area contributed by atoms with E-state index >= 15 is 0 Å². The van der Waals surface area contributed by atoms with Gasteiger partial charge in [0.2, 0.25) is 5.91 Å². The lowest BCUT2D eigenvalue weighted by Crippen LogP contribution is -2.42. The van der Waals surface area contributed by atoms with Gasteiger partial charge in [0.1, 0.15) is 12.1 Å². The van der Waals surface area contributed by atoms with Gasteiger partial charge in [-0.2, -0.15) is 0 Å². The minimum Gasteiger partial charge on any atom is -0.348 e. The van der Waals surface area contributed by atoms with Crippen molar-refractivity contribution in [2.75, 3.05) is 11.9 Å². The molecule has 0 aliphatic carbocycles.